The predicted octanol–water partition coefficient (Wildman–Crippen LogP) is 2.86. The number of pyridine rings is 1. The summed E-state index contributed by atoms with van der Waals surface area (Å²) >= 11 is 0. The number of para-hydroxylation sites is 2. The van der Waals surface area contributed by atoms with Gasteiger partial charge in [-0.1, -0.05) is 12.1 Å². The topological polar surface area (TPSA) is 76.7 Å². The van der Waals surface area contributed by atoms with Crippen LogP contribution >= 0.6 is 0 Å². The van der Waals surface area contributed by atoms with Gasteiger partial charge in [0.2, 0.25) is 5.95 Å². The number of hydrogen-bond acceptors (Lipinski definition) is 5. The molecule has 0 spiro atoms. The summed E-state index contributed by atoms with van der Waals surface area (Å²) in [5, 5.41) is 3.12. The summed E-state index contributed by atoms with van der Waals surface area (Å²) < 4.78 is 0. The van der Waals surface area contributed by atoms with Gasteiger partial charge in [-0.25, -0.2) is 9.97 Å². The monoisotopic (exact) mass is 263 g/mol. The summed E-state index contributed by atoms with van der Waals surface area (Å²) in [5.41, 5.74) is 9.17. The lowest BCUT2D eigenvalue weighted by atomic mass is 10.2. The molecule has 0 aliphatic heterocycles. The van der Waals surface area contributed by atoms with Crippen molar-refractivity contribution in [3.05, 3.63) is 61.1 Å². The second kappa shape index (κ2) is 5.36. The van der Waals surface area contributed by atoms with Crippen LogP contribution in [0.25, 0.3) is 11.3 Å². The summed E-state index contributed by atoms with van der Waals surface area (Å²) in [6.07, 6.45) is 5.18. The normalized spacial score (nSPS) is 10.2. The molecule has 0 aliphatic carbocycles. The van der Waals surface area contributed by atoms with E-state index < -0.39 is 0 Å². The van der Waals surface area contributed by atoms with E-state index in [4.69, 9.17) is 5.73 Å². The van der Waals surface area contributed by atoms with Crippen molar-refractivity contribution in [1.29, 1.82) is 0 Å². The molecule has 20 heavy (non-hydrogen) atoms. The number of aromatic nitrogens is 3. The molecule has 3 N–H and O–H groups in total. The minimum Gasteiger partial charge on any atom is -0.397 e. The molecular weight excluding hydrogens is 250 g/mol. The van der Waals surface area contributed by atoms with Gasteiger partial charge in [0.15, 0.2) is 0 Å². The van der Waals surface area contributed by atoms with Crippen molar-refractivity contribution < 1.29 is 0 Å². The number of benzene rings is 1. The van der Waals surface area contributed by atoms with E-state index in [0.717, 1.165) is 16.9 Å². The first-order valence-electron chi connectivity index (χ1n) is 6.18. The molecule has 0 saturated heterocycles. The number of nitrogens with zero attached hydrogens (tertiary/aromatic N) is 3. The van der Waals surface area contributed by atoms with E-state index in [2.05, 4.69) is 20.3 Å². The maximum absolute atomic E-state index is 5.89. The number of nitrogens with two attached hydrogens (primary N) is 1. The summed E-state index contributed by atoms with van der Waals surface area (Å²) in [6, 6.07) is 13.2. The van der Waals surface area contributed by atoms with Crippen LogP contribution in [0.1, 0.15) is 0 Å². The predicted molar refractivity (Wildman–Crippen MR) is 79.4 cm³/mol. The Balaban J connectivity index is 1.91. The van der Waals surface area contributed by atoms with Gasteiger partial charge in [0.05, 0.1) is 17.1 Å². The van der Waals surface area contributed by atoms with Crippen LogP contribution < -0.4 is 11.1 Å². The van der Waals surface area contributed by atoms with Crippen LogP contribution in [0.2, 0.25) is 0 Å². The third kappa shape index (κ3) is 2.56. The van der Waals surface area contributed by atoms with E-state index in [1.165, 1.54) is 0 Å². The minimum absolute atomic E-state index is 0.511. The van der Waals surface area contributed by atoms with Gasteiger partial charge >= 0.3 is 0 Å². The smallest absolute Gasteiger partial charge is 0.227 e. The zero-order valence-corrected chi connectivity index (χ0v) is 10.7. The van der Waals surface area contributed by atoms with Gasteiger partial charge in [0.25, 0.3) is 0 Å². The zero-order valence-electron chi connectivity index (χ0n) is 10.7. The second-order valence-electron chi connectivity index (χ2n) is 4.21. The molecule has 5 heteroatoms. The summed E-state index contributed by atoms with van der Waals surface area (Å²) in [6.45, 7) is 0. The lowest BCUT2D eigenvalue weighted by Gasteiger charge is -2.08. The van der Waals surface area contributed by atoms with Crippen LogP contribution in [0.5, 0.6) is 0 Å². The highest BCUT2D eigenvalue weighted by molar-refractivity contribution is 5.70. The molecule has 3 aromatic rings. The molecule has 1 aromatic carbocycles. The van der Waals surface area contributed by atoms with Crippen LogP contribution in [0, 0.1) is 0 Å². The van der Waals surface area contributed by atoms with Gasteiger partial charge in [-0.2, -0.15) is 0 Å². The molecule has 2 aromatic heterocycles. The third-order valence-electron chi connectivity index (χ3n) is 2.84. The van der Waals surface area contributed by atoms with Gasteiger partial charge in [-0.15, -0.1) is 0 Å². The van der Waals surface area contributed by atoms with Gasteiger partial charge in [0, 0.05) is 24.2 Å². The van der Waals surface area contributed by atoms with Crippen molar-refractivity contribution in [3.8, 4) is 11.3 Å². The average molecular weight is 263 g/mol. The molecular formula is C15H13N5. The lowest BCUT2D eigenvalue weighted by Crippen LogP contribution is -2.00. The van der Waals surface area contributed by atoms with E-state index >= 15 is 0 Å². The molecule has 98 valence electrons. The average Bonchev–Trinajstić information content (AvgIpc) is 2.51. The number of nitrogens with one attached hydrogen (secondary N) is 1. The van der Waals surface area contributed by atoms with E-state index in [-0.39, 0.29) is 0 Å². The SMILES string of the molecule is Nc1ccccc1Nc1nccc(-c2ccncc2)n1. The highest BCUT2D eigenvalue weighted by Gasteiger charge is 2.04. The molecule has 0 fully saturated rings. The Kier molecular flexibility index (Phi) is 3.24. The van der Waals surface area contributed by atoms with Gasteiger partial charge < -0.3 is 11.1 Å². The molecule has 5 nitrogen and oxygen atoms in total. The second-order valence-corrected chi connectivity index (χ2v) is 4.21. The number of rotatable bonds is 3. The maximum Gasteiger partial charge on any atom is 0.227 e. The molecule has 0 aliphatic rings. The zero-order chi connectivity index (χ0) is 13.8. The van der Waals surface area contributed by atoms with Gasteiger partial charge in [0.1, 0.15) is 0 Å². The Hall–Kier alpha value is -2.95. The van der Waals surface area contributed by atoms with Crippen LogP contribution in [0.4, 0.5) is 17.3 Å². The lowest BCUT2D eigenvalue weighted by molar-refractivity contribution is 1.17. The van der Waals surface area contributed by atoms with Crippen molar-refractivity contribution >= 4 is 17.3 Å². The van der Waals surface area contributed by atoms with Crippen molar-refractivity contribution in [2.75, 3.05) is 11.1 Å². The molecule has 2 heterocycles. The van der Waals surface area contributed by atoms with Crippen molar-refractivity contribution in [1.82, 2.24) is 15.0 Å². The quantitative estimate of drug-likeness (QED) is 0.710. The van der Waals surface area contributed by atoms with Crippen molar-refractivity contribution in [2.24, 2.45) is 0 Å². The molecule has 0 amide bonds. The van der Waals surface area contributed by atoms with Crippen LogP contribution in [-0.4, -0.2) is 15.0 Å². The Morgan fingerprint density at radius 2 is 1.70 bits per heavy atom. The maximum atomic E-state index is 5.89. The highest BCUT2D eigenvalue weighted by atomic mass is 15.1. The molecule has 0 atom stereocenters. The van der Waals surface area contributed by atoms with E-state index in [1.807, 2.05) is 42.5 Å². The fraction of sp³-hybridized carbons (Fsp3) is 0. The van der Waals surface area contributed by atoms with Crippen LogP contribution in [0.15, 0.2) is 61.1 Å². The van der Waals surface area contributed by atoms with Crippen molar-refractivity contribution in [3.63, 3.8) is 0 Å². The summed E-state index contributed by atoms with van der Waals surface area (Å²) in [5.74, 6) is 0.511. The minimum atomic E-state index is 0.511. The summed E-state index contributed by atoms with van der Waals surface area (Å²) in [7, 11) is 0. The number of anilines is 3. The van der Waals surface area contributed by atoms with Gasteiger partial charge in [-0.05, 0) is 30.3 Å². The fourth-order valence-corrected chi connectivity index (χ4v) is 1.83. The first-order chi connectivity index (χ1) is 9.83. The Morgan fingerprint density at radius 1 is 0.900 bits per heavy atom. The molecule has 0 radical (unpaired) electrons. The third-order valence-corrected chi connectivity index (χ3v) is 2.84. The molecule has 0 bridgehead atoms. The highest BCUT2D eigenvalue weighted by Crippen LogP contribution is 2.22. The fourth-order valence-electron chi connectivity index (χ4n) is 1.83. The first kappa shape index (κ1) is 12.1. The van der Waals surface area contributed by atoms with Crippen LogP contribution in [0.3, 0.4) is 0 Å². The molecule has 0 unspecified atom stereocenters. The van der Waals surface area contributed by atoms with E-state index in [9.17, 15) is 0 Å². The Bertz CT molecular complexity index is 712. The molecule has 3 rings (SSSR count). The standard InChI is InChI=1S/C15H13N5/c16-12-3-1-2-4-14(12)20-15-18-10-7-13(19-15)11-5-8-17-9-6-11/h1-10H,16H2,(H,18,19,20). The summed E-state index contributed by atoms with van der Waals surface area (Å²) in [4.78, 5) is 12.7. The van der Waals surface area contributed by atoms with E-state index in [0.29, 0.717) is 11.6 Å². The van der Waals surface area contributed by atoms with Gasteiger partial charge in [-0.3, -0.25) is 4.98 Å². The number of nitrogen functional groups attached to an aromatic ring is 1. The van der Waals surface area contributed by atoms with E-state index in [1.54, 1.807) is 18.6 Å². The Labute approximate surface area is 116 Å². The van der Waals surface area contributed by atoms with Crippen LogP contribution in [-0.2, 0) is 0 Å². The number of hydrogen-bond donors (Lipinski definition) is 2. The largest absolute Gasteiger partial charge is 0.397 e. The van der Waals surface area contributed by atoms with Crippen molar-refractivity contribution in [2.45, 2.75) is 0 Å². The molecule has 0 saturated carbocycles. The first-order valence-corrected chi connectivity index (χ1v) is 6.18. The Morgan fingerprint density at radius 3 is 2.50 bits per heavy atom.